The van der Waals surface area contributed by atoms with Crippen LogP contribution in [0.25, 0.3) is 10.8 Å². The Kier molecular flexibility index (Phi) is 8.89. The van der Waals surface area contributed by atoms with Crippen LogP contribution in [0, 0.1) is 5.41 Å². The van der Waals surface area contributed by atoms with Crippen LogP contribution < -0.4 is 20.5 Å². The first kappa shape index (κ1) is 25.8. The van der Waals surface area contributed by atoms with E-state index in [1.807, 2.05) is 43.3 Å². The van der Waals surface area contributed by atoms with Gasteiger partial charge in [0, 0.05) is 49.6 Å². The summed E-state index contributed by atoms with van der Waals surface area (Å²) in [6.45, 7) is 4.50. The lowest BCUT2D eigenvalue weighted by Gasteiger charge is -2.32. The fourth-order valence-electron chi connectivity index (χ4n) is 4.01. The molecule has 0 saturated carbocycles. The maximum atomic E-state index is 12.4. The fourth-order valence-corrected chi connectivity index (χ4v) is 4.01. The third-order valence-electron chi connectivity index (χ3n) is 5.98. The van der Waals surface area contributed by atoms with Crippen molar-refractivity contribution in [3.05, 3.63) is 60.3 Å². The van der Waals surface area contributed by atoms with E-state index in [1.165, 1.54) is 0 Å². The fraction of sp³-hybridized carbons (Fsp3) is 0.370. The number of nitrogens with one attached hydrogen (secondary N) is 2. The summed E-state index contributed by atoms with van der Waals surface area (Å²) in [6.07, 6.45) is 4.30. The SMILES string of the molecule is C.CC(=N)N1CCC(Oc2ccc(C(=O)NCCCOc3ccc4ccnc(N)c4c3)cc2)CC1. The van der Waals surface area contributed by atoms with E-state index in [1.54, 1.807) is 18.3 Å². The zero-order valence-electron chi connectivity index (χ0n) is 19.4. The number of hydrogen-bond donors (Lipinski definition) is 3. The number of hydrogen-bond acceptors (Lipinski definition) is 6. The highest BCUT2D eigenvalue weighted by atomic mass is 16.5. The molecule has 0 spiro atoms. The van der Waals surface area contributed by atoms with Gasteiger partial charge in [-0.3, -0.25) is 10.2 Å². The molecule has 1 aromatic heterocycles. The number of nitrogens with zero attached hydrogens (tertiary/aromatic N) is 2. The second-order valence-electron chi connectivity index (χ2n) is 8.45. The molecule has 1 aliphatic rings. The van der Waals surface area contributed by atoms with Crippen LogP contribution in [0.1, 0.15) is 44.0 Å². The molecular weight excluding hydrogens is 442 g/mol. The highest BCUT2D eigenvalue weighted by molar-refractivity contribution is 5.94. The van der Waals surface area contributed by atoms with Crippen LogP contribution in [0.15, 0.2) is 54.7 Å². The van der Waals surface area contributed by atoms with E-state index < -0.39 is 0 Å². The van der Waals surface area contributed by atoms with Crippen molar-refractivity contribution in [2.75, 3.05) is 32.0 Å². The number of amidine groups is 1. The summed E-state index contributed by atoms with van der Waals surface area (Å²) in [5.74, 6) is 2.46. The minimum absolute atomic E-state index is 0. The molecule has 1 saturated heterocycles. The van der Waals surface area contributed by atoms with Crippen LogP contribution >= 0.6 is 0 Å². The van der Waals surface area contributed by atoms with Gasteiger partial charge in [0.05, 0.1) is 12.4 Å². The molecule has 8 heteroatoms. The number of carbonyl (C=O) groups is 1. The minimum Gasteiger partial charge on any atom is -0.494 e. The summed E-state index contributed by atoms with van der Waals surface area (Å²) in [7, 11) is 0. The predicted octanol–water partition coefficient (Wildman–Crippen LogP) is 4.49. The van der Waals surface area contributed by atoms with E-state index in [2.05, 4.69) is 15.2 Å². The lowest BCUT2D eigenvalue weighted by Crippen LogP contribution is -2.40. The predicted molar refractivity (Wildman–Crippen MR) is 140 cm³/mol. The lowest BCUT2D eigenvalue weighted by molar-refractivity contribution is 0.0951. The van der Waals surface area contributed by atoms with Gasteiger partial charge in [-0.2, -0.15) is 0 Å². The van der Waals surface area contributed by atoms with Gasteiger partial charge in [0.2, 0.25) is 0 Å². The van der Waals surface area contributed by atoms with Crippen LogP contribution in [0.4, 0.5) is 5.82 Å². The standard InChI is InChI=1S/C26H31N5O3.CH4/c1-18(27)31-14-10-22(11-15-31)34-21-6-4-20(5-7-21)26(32)30-12-2-16-33-23-8-3-19-9-13-29-25(28)24(19)17-23;/h3-9,13,17,22,27H,2,10-12,14-16H2,1H3,(H2,28,29)(H,30,32);1H4. The Labute approximate surface area is 206 Å². The largest absolute Gasteiger partial charge is 0.494 e. The molecule has 0 radical (unpaired) electrons. The second kappa shape index (κ2) is 12.1. The first-order valence-corrected chi connectivity index (χ1v) is 11.6. The average Bonchev–Trinajstić information content (AvgIpc) is 2.85. The number of benzene rings is 2. The summed E-state index contributed by atoms with van der Waals surface area (Å²) in [4.78, 5) is 18.6. The number of ether oxygens (including phenoxy) is 2. The van der Waals surface area contributed by atoms with Crippen molar-refractivity contribution in [3.8, 4) is 11.5 Å². The number of carbonyl (C=O) groups excluding carboxylic acids is 1. The van der Waals surface area contributed by atoms with Gasteiger partial charge in [-0.25, -0.2) is 4.98 Å². The van der Waals surface area contributed by atoms with Gasteiger partial charge < -0.3 is 25.4 Å². The summed E-state index contributed by atoms with van der Waals surface area (Å²) in [5.41, 5.74) is 6.53. The zero-order valence-corrected chi connectivity index (χ0v) is 19.4. The number of amides is 1. The number of likely N-dealkylation sites (tertiary alicyclic amines) is 1. The van der Waals surface area contributed by atoms with Gasteiger partial charge >= 0.3 is 0 Å². The minimum atomic E-state index is -0.120. The number of fused-ring (bicyclic) bond motifs is 1. The first-order valence-electron chi connectivity index (χ1n) is 11.6. The highest BCUT2D eigenvalue weighted by Crippen LogP contribution is 2.24. The number of piperidine rings is 1. The van der Waals surface area contributed by atoms with Crippen LogP contribution in [0.3, 0.4) is 0 Å². The molecule has 0 aliphatic carbocycles. The third-order valence-corrected chi connectivity index (χ3v) is 5.98. The van der Waals surface area contributed by atoms with E-state index in [9.17, 15) is 4.79 Å². The molecule has 2 aromatic carbocycles. The van der Waals surface area contributed by atoms with Crippen molar-refractivity contribution >= 4 is 28.3 Å². The van der Waals surface area contributed by atoms with Gasteiger partial charge in [0.25, 0.3) is 5.91 Å². The third kappa shape index (κ3) is 6.85. The Bertz CT molecular complexity index is 1140. The molecule has 186 valence electrons. The van der Waals surface area contributed by atoms with Crippen molar-refractivity contribution in [3.63, 3.8) is 0 Å². The van der Waals surface area contributed by atoms with Crippen molar-refractivity contribution in [1.29, 1.82) is 5.41 Å². The summed E-state index contributed by atoms with van der Waals surface area (Å²) in [5, 5.41) is 12.5. The molecule has 3 aromatic rings. The second-order valence-corrected chi connectivity index (χ2v) is 8.45. The number of aromatic nitrogens is 1. The maximum absolute atomic E-state index is 12.4. The van der Waals surface area contributed by atoms with Gasteiger partial charge in [-0.15, -0.1) is 0 Å². The Morgan fingerprint density at radius 2 is 1.86 bits per heavy atom. The normalized spacial score (nSPS) is 13.7. The quantitative estimate of drug-likeness (QED) is 0.250. The van der Waals surface area contributed by atoms with E-state index in [4.69, 9.17) is 20.6 Å². The summed E-state index contributed by atoms with van der Waals surface area (Å²) >= 11 is 0. The van der Waals surface area contributed by atoms with Crippen LogP contribution in [0.5, 0.6) is 11.5 Å². The molecule has 0 bridgehead atoms. The smallest absolute Gasteiger partial charge is 0.251 e. The summed E-state index contributed by atoms with van der Waals surface area (Å²) < 4.78 is 11.8. The van der Waals surface area contributed by atoms with E-state index in [-0.39, 0.29) is 19.4 Å². The number of rotatable bonds is 8. The highest BCUT2D eigenvalue weighted by Gasteiger charge is 2.20. The molecule has 35 heavy (non-hydrogen) atoms. The van der Waals surface area contributed by atoms with E-state index in [0.717, 1.165) is 48.2 Å². The molecule has 2 heterocycles. The Hall–Kier alpha value is -3.81. The lowest BCUT2D eigenvalue weighted by atomic mass is 10.1. The molecule has 1 fully saturated rings. The molecule has 1 amide bonds. The first-order chi connectivity index (χ1) is 16.5. The molecule has 1 aliphatic heterocycles. The van der Waals surface area contributed by atoms with Crippen molar-refractivity contribution in [2.45, 2.75) is 39.7 Å². The van der Waals surface area contributed by atoms with Gasteiger partial charge in [0.15, 0.2) is 0 Å². The Morgan fingerprint density at radius 1 is 1.14 bits per heavy atom. The Morgan fingerprint density at radius 3 is 2.57 bits per heavy atom. The monoisotopic (exact) mass is 477 g/mol. The number of anilines is 1. The molecule has 8 nitrogen and oxygen atoms in total. The Balaban J connectivity index is 0.00000342. The molecule has 0 unspecified atom stereocenters. The molecule has 0 atom stereocenters. The number of pyridine rings is 1. The number of nitrogen functional groups attached to an aromatic ring is 1. The molecular formula is C27H35N5O3. The van der Waals surface area contributed by atoms with E-state index >= 15 is 0 Å². The molecule has 4 rings (SSSR count). The van der Waals surface area contributed by atoms with Gasteiger partial charge in [-0.1, -0.05) is 13.5 Å². The van der Waals surface area contributed by atoms with Crippen LogP contribution in [-0.2, 0) is 0 Å². The van der Waals surface area contributed by atoms with Gasteiger partial charge in [0.1, 0.15) is 23.4 Å². The van der Waals surface area contributed by atoms with Crippen molar-refractivity contribution in [1.82, 2.24) is 15.2 Å². The van der Waals surface area contributed by atoms with E-state index in [0.29, 0.717) is 36.8 Å². The van der Waals surface area contributed by atoms with Gasteiger partial charge in [-0.05, 0) is 61.2 Å². The van der Waals surface area contributed by atoms with Crippen molar-refractivity contribution < 1.29 is 14.3 Å². The summed E-state index contributed by atoms with van der Waals surface area (Å²) in [6, 6.07) is 14.9. The topological polar surface area (TPSA) is 114 Å². The van der Waals surface area contributed by atoms with Crippen LogP contribution in [-0.4, -0.2) is 54.0 Å². The number of nitrogens with two attached hydrogens (primary N) is 1. The zero-order chi connectivity index (χ0) is 23.9. The van der Waals surface area contributed by atoms with Crippen molar-refractivity contribution in [2.24, 2.45) is 0 Å². The maximum Gasteiger partial charge on any atom is 0.251 e. The average molecular weight is 478 g/mol. The van der Waals surface area contributed by atoms with Crippen LogP contribution in [0.2, 0.25) is 0 Å². The molecule has 4 N–H and O–H groups in total.